The molecule has 1 aromatic heterocycles. The molecule has 2 atom stereocenters. The number of nitrogens with zero attached hydrogens (tertiary/aromatic N) is 2. The second-order valence-electron chi connectivity index (χ2n) is 5.11. The lowest BCUT2D eigenvalue weighted by Crippen LogP contribution is -2.34. The van der Waals surface area contributed by atoms with Gasteiger partial charge in [-0.1, -0.05) is 60.4 Å². The quantitative estimate of drug-likeness (QED) is 0.785. The number of hydrogen-bond acceptors (Lipinski definition) is 5. The van der Waals surface area contributed by atoms with E-state index >= 15 is 0 Å². The molecule has 1 heterocycles. The van der Waals surface area contributed by atoms with E-state index in [0.29, 0.717) is 12.5 Å². The van der Waals surface area contributed by atoms with Gasteiger partial charge in [0.05, 0.1) is 5.25 Å². The second-order valence-corrected chi connectivity index (χ2v) is 7.88. The van der Waals surface area contributed by atoms with Gasteiger partial charge in [-0.25, -0.2) is 0 Å². The molecule has 0 saturated heterocycles. The Morgan fingerprint density at radius 1 is 1.32 bits per heavy atom. The first-order chi connectivity index (χ1) is 10.6. The monoisotopic (exact) mass is 335 g/mol. The van der Waals surface area contributed by atoms with E-state index in [4.69, 9.17) is 0 Å². The molecule has 0 aliphatic rings. The summed E-state index contributed by atoms with van der Waals surface area (Å²) in [7, 11) is 0. The number of rotatable bonds is 7. The van der Waals surface area contributed by atoms with Crippen molar-refractivity contribution < 1.29 is 4.79 Å². The highest BCUT2D eigenvalue weighted by atomic mass is 32.2. The summed E-state index contributed by atoms with van der Waals surface area (Å²) in [6.07, 6.45) is 1.00. The molecule has 118 valence electrons. The molecular formula is C16H21N3OS2. The first-order valence-corrected chi connectivity index (χ1v) is 9.09. The van der Waals surface area contributed by atoms with E-state index in [-0.39, 0.29) is 11.2 Å². The van der Waals surface area contributed by atoms with Gasteiger partial charge in [-0.3, -0.25) is 4.79 Å². The van der Waals surface area contributed by atoms with Crippen LogP contribution in [0.25, 0.3) is 0 Å². The van der Waals surface area contributed by atoms with Gasteiger partial charge in [0.2, 0.25) is 5.91 Å². The fourth-order valence-electron chi connectivity index (χ4n) is 2.12. The summed E-state index contributed by atoms with van der Waals surface area (Å²) in [5.74, 6) is 0.401. The second kappa shape index (κ2) is 8.29. The van der Waals surface area contributed by atoms with Gasteiger partial charge in [0.15, 0.2) is 4.34 Å². The average Bonchev–Trinajstić information content (AvgIpc) is 2.93. The lowest BCUT2D eigenvalue weighted by Gasteiger charge is -2.17. The third-order valence-corrected chi connectivity index (χ3v) is 5.46. The molecule has 1 N–H and O–H groups in total. The number of aryl methyl sites for hydroxylation is 1. The van der Waals surface area contributed by atoms with Crippen LogP contribution in [0.5, 0.6) is 0 Å². The van der Waals surface area contributed by atoms with Gasteiger partial charge in [-0.15, -0.1) is 10.2 Å². The van der Waals surface area contributed by atoms with Gasteiger partial charge < -0.3 is 5.32 Å². The number of aromatic nitrogens is 2. The number of carbonyl (C=O) groups excluding carboxylic acids is 1. The van der Waals surface area contributed by atoms with E-state index in [0.717, 1.165) is 15.8 Å². The minimum Gasteiger partial charge on any atom is -0.355 e. The Morgan fingerprint density at radius 2 is 2.05 bits per heavy atom. The first kappa shape index (κ1) is 17.0. The minimum atomic E-state index is -0.166. The predicted octanol–water partition coefficient (Wildman–Crippen LogP) is 3.64. The van der Waals surface area contributed by atoms with Gasteiger partial charge in [-0.05, 0) is 25.8 Å². The number of amides is 1. The zero-order chi connectivity index (χ0) is 15.9. The summed E-state index contributed by atoms with van der Waals surface area (Å²) in [6.45, 7) is 6.63. The van der Waals surface area contributed by atoms with Crippen molar-refractivity contribution in [3.63, 3.8) is 0 Å². The Bertz CT molecular complexity index is 600. The van der Waals surface area contributed by atoms with Crippen molar-refractivity contribution in [3.05, 3.63) is 40.9 Å². The van der Waals surface area contributed by atoms with E-state index in [9.17, 15) is 4.79 Å². The molecule has 0 spiro atoms. The Morgan fingerprint density at radius 3 is 2.64 bits per heavy atom. The molecule has 1 amide bonds. The topological polar surface area (TPSA) is 54.9 Å². The fraction of sp³-hybridized carbons (Fsp3) is 0.438. The molecule has 0 saturated carbocycles. The molecule has 1 aromatic carbocycles. The fourth-order valence-corrected chi connectivity index (χ4v) is 4.11. The summed E-state index contributed by atoms with van der Waals surface area (Å²) >= 11 is 2.98. The van der Waals surface area contributed by atoms with E-state index in [2.05, 4.69) is 34.6 Å². The van der Waals surface area contributed by atoms with Crippen LogP contribution in [0.15, 0.2) is 34.7 Å². The van der Waals surface area contributed by atoms with Gasteiger partial charge in [0, 0.05) is 12.5 Å². The van der Waals surface area contributed by atoms with E-state index in [1.54, 1.807) is 0 Å². The van der Waals surface area contributed by atoms with Gasteiger partial charge in [0.25, 0.3) is 0 Å². The van der Waals surface area contributed by atoms with E-state index < -0.39 is 0 Å². The Hall–Kier alpha value is -1.40. The molecule has 6 heteroatoms. The van der Waals surface area contributed by atoms with Crippen molar-refractivity contribution in [2.75, 3.05) is 6.54 Å². The molecule has 0 radical (unpaired) electrons. The van der Waals surface area contributed by atoms with Crippen LogP contribution in [0.1, 0.15) is 36.8 Å². The summed E-state index contributed by atoms with van der Waals surface area (Å²) in [5.41, 5.74) is 1.27. The number of benzene rings is 1. The van der Waals surface area contributed by atoms with Crippen molar-refractivity contribution in [3.8, 4) is 0 Å². The minimum absolute atomic E-state index is 0.0484. The summed E-state index contributed by atoms with van der Waals surface area (Å²) in [5, 5.41) is 11.8. The number of carbonyl (C=O) groups is 1. The zero-order valence-electron chi connectivity index (χ0n) is 13.1. The average molecular weight is 335 g/mol. The van der Waals surface area contributed by atoms with Crippen LogP contribution in [0.2, 0.25) is 0 Å². The van der Waals surface area contributed by atoms with Crippen LogP contribution in [0, 0.1) is 6.92 Å². The molecular weight excluding hydrogens is 314 g/mol. The highest BCUT2D eigenvalue weighted by Crippen LogP contribution is 2.26. The van der Waals surface area contributed by atoms with E-state index in [1.165, 1.54) is 28.7 Å². The largest absolute Gasteiger partial charge is 0.355 e. The third kappa shape index (κ3) is 4.81. The molecule has 0 fully saturated rings. The Labute approximate surface area is 139 Å². The van der Waals surface area contributed by atoms with Gasteiger partial charge in [0.1, 0.15) is 5.01 Å². The lowest BCUT2D eigenvalue weighted by molar-refractivity contribution is -0.120. The highest BCUT2D eigenvalue weighted by Gasteiger charge is 2.18. The standard InChI is InChI=1S/C16H21N3OS2/c1-4-13(14-8-6-5-7-9-14)10-17-15(20)11(2)21-16-19-18-12(3)22-16/h5-9,11,13H,4,10H2,1-3H3,(H,17,20)/t11-,13+/m1/s1. The maximum atomic E-state index is 12.2. The van der Waals surface area contributed by atoms with Crippen LogP contribution in [0.4, 0.5) is 0 Å². The van der Waals surface area contributed by atoms with Gasteiger partial charge >= 0.3 is 0 Å². The normalized spacial score (nSPS) is 13.6. The molecule has 0 unspecified atom stereocenters. The Kier molecular flexibility index (Phi) is 6.39. The smallest absolute Gasteiger partial charge is 0.233 e. The molecule has 0 aliphatic carbocycles. The highest BCUT2D eigenvalue weighted by molar-refractivity contribution is 8.02. The first-order valence-electron chi connectivity index (χ1n) is 7.39. The van der Waals surface area contributed by atoms with Crippen LogP contribution in [-0.2, 0) is 4.79 Å². The molecule has 0 aliphatic heterocycles. The molecule has 0 bridgehead atoms. The number of thioether (sulfide) groups is 1. The van der Waals surface area contributed by atoms with Crippen molar-refractivity contribution >= 4 is 29.0 Å². The lowest BCUT2D eigenvalue weighted by atomic mass is 9.96. The Balaban J connectivity index is 1.85. The maximum Gasteiger partial charge on any atom is 0.233 e. The summed E-state index contributed by atoms with van der Waals surface area (Å²) in [6, 6.07) is 10.3. The van der Waals surface area contributed by atoms with Crippen LogP contribution in [-0.4, -0.2) is 27.9 Å². The van der Waals surface area contributed by atoms with E-state index in [1.807, 2.05) is 32.0 Å². The summed E-state index contributed by atoms with van der Waals surface area (Å²) < 4.78 is 0.843. The van der Waals surface area contributed by atoms with Crippen LogP contribution in [0.3, 0.4) is 0 Å². The van der Waals surface area contributed by atoms with Gasteiger partial charge in [-0.2, -0.15) is 0 Å². The SMILES string of the molecule is CC[C@@H](CNC(=O)[C@@H](C)Sc1nnc(C)s1)c1ccccc1. The predicted molar refractivity (Wildman–Crippen MR) is 92.4 cm³/mol. The van der Waals surface area contributed by atoms with Crippen molar-refractivity contribution in [2.24, 2.45) is 0 Å². The van der Waals surface area contributed by atoms with Crippen LogP contribution < -0.4 is 5.32 Å². The van der Waals surface area contributed by atoms with Crippen molar-refractivity contribution in [1.82, 2.24) is 15.5 Å². The number of nitrogens with one attached hydrogen (secondary N) is 1. The maximum absolute atomic E-state index is 12.2. The molecule has 4 nitrogen and oxygen atoms in total. The summed E-state index contributed by atoms with van der Waals surface area (Å²) in [4.78, 5) is 12.2. The zero-order valence-corrected chi connectivity index (χ0v) is 14.7. The van der Waals surface area contributed by atoms with Crippen LogP contribution >= 0.6 is 23.1 Å². The molecule has 2 aromatic rings. The number of hydrogen-bond donors (Lipinski definition) is 1. The molecule has 22 heavy (non-hydrogen) atoms. The third-order valence-electron chi connectivity index (χ3n) is 3.44. The van der Waals surface area contributed by atoms with Crippen molar-refractivity contribution in [1.29, 1.82) is 0 Å². The van der Waals surface area contributed by atoms with Crippen molar-refractivity contribution in [2.45, 2.75) is 42.7 Å². The molecule has 2 rings (SSSR count).